The second-order valence-corrected chi connectivity index (χ2v) is 3.61. The van der Waals surface area contributed by atoms with Gasteiger partial charge in [0.15, 0.2) is 0 Å². The zero-order chi connectivity index (χ0) is 13.0. The van der Waals surface area contributed by atoms with Gasteiger partial charge in [0.1, 0.15) is 5.82 Å². The van der Waals surface area contributed by atoms with Crippen LogP contribution in [0.1, 0.15) is 21.5 Å². The molecule has 1 N–H and O–H groups in total. The van der Waals surface area contributed by atoms with E-state index in [1.54, 1.807) is 30.3 Å². The quantitative estimate of drug-likeness (QED) is 0.778. The van der Waals surface area contributed by atoms with Gasteiger partial charge in [0, 0.05) is 11.1 Å². The third kappa shape index (κ3) is 2.74. The van der Waals surface area contributed by atoms with Gasteiger partial charge in [-0.1, -0.05) is 30.0 Å². The predicted molar refractivity (Wildman–Crippen MR) is 65.8 cm³/mol. The molecule has 2 nitrogen and oxygen atoms in total. The van der Waals surface area contributed by atoms with Gasteiger partial charge < -0.3 is 5.11 Å². The number of aromatic carboxylic acids is 1. The fraction of sp³-hybridized carbons (Fsp3) is 0. The monoisotopic (exact) mass is 240 g/mol. The summed E-state index contributed by atoms with van der Waals surface area (Å²) in [6.07, 6.45) is 0. The van der Waals surface area contributed by atoms with Gasteiger partial charge in [-0.2, -0.15) is 0 Å². The van der Waals surface area contributed by atoms with Crippen molar-refractivity contribution in [3.63, 3.8) is 0 Å². The molecule has 0 saturated carbocycles. The Bertz CT molecular complexity index is 651. The zero-order valence-corrected chi connectivity index (χ0v) is 9.35. The third-order valence-electron chi connectivity index (χ3n) is 2.32. The van der Waals surface area contributed by atoms with Gasteiger partial charge in [0.25, 0.3) is 0 Å². The van der Waals surface area contributed by atoms with Crippen LogP contribution in [-0.4, -0.2) is 11.1 Å². The molecule has 0 fully saturated rings. The Morgan fingerprint density at radius 3 is 2.56 bits per heavy atom. The van der Waals surface area contributed by atoms with Crippen LogP contribution in [-0.2, 0) is 0 Å². The van der Waals surface area contributed by atoms with Gasteiger partial charge in [0.05, 0.1) is 5.56 Å². The van der Waals surface area contributed by atoms with E-state index in [0.717, 1.165) is 0 Å². The van der Waals surface area contributed by atoms with Crippen molar-refractivity contribution in [1.29, 1.82) is 0 Å². The number of halogens is 1. The molecule has 0 amide bonds. The SMILES string of the molecule is O=C(O)c1ccccc1C#Cc1cccc(F)c1. The number of carboxylic acid groups (broad SMARTS) is 1. The summed E-state index contributed by atoms with van der Waals surface area (Å²) >= 11 is 0. The number of carboxylic acids is 1. The van der Waals surface area contributed by atoms with Gasteiger partial charge >= 0.3 is 5.97 Å². The van der Waals surface area contributed by atoms with Crippen LogP contribution in [0.4, 0.5) is 4.39 Å². The average Bonchev–Trinajstić information content (AvgIpc) is 2.37. The first-order valence-corrected chi connectivity index (χ1v) is 5.27. The van der Waals surface area contributed by atoms with Gasteiger partial charge in [0.2, 0.25) is 0 Å². The lowest BCUT2D eigenvalue weighted by atomic mass is 10.1. The van der Waals surface area contributed by atoms with Crippen molar-refractivity contribution in [1.82, 2.24) is 0 Å². The number of carbonyl (C=O) groups is 1. The molecule has 0 atom stereocenters. The Labute approximate surface area is 104 Å². The lowest BCUT2D eigenvalue weighted by Gasteiger charge is -1.97. The second-order valence-electron chi connectivity index (χ2n) is 3.61. The van der Waals surface area contributed by atoms with Crippen LogP contribution in [0, 0.1) is 17.7 Å². The van der Waals surface area contributed by atoms with Crippen LogP contribution in [0.5, 0.6) is 0 Å². The number of hydrogen-bond donors (Lipinski definition) is 1. The average molecular weight is 240 g/mol. The van der Waals surface area contributed by atoms with Crippen LogP contribution in [0.3, 0.4) is 0 Å². The summed E-state index contributed by atoms with van der Waals surface area (Å²) in [6.45, 7) is 0. The number of rotatable bonds is 1. The summed E-state index contributed by atoms with van der Waals surface area (Å²) in [5.74, 6) is 4.09. The molecule has 88 valence electrons. The smallest absolute Gasteiger partial charge is 0.336 e. The molecular formula is C15H9FO2. The molecule has 3 heteroatoms. The van der Waals surface area contributed by atoms with Crippen molar-refractivity contribution in [2.24, 2.45) is 0 Å². The first-order valence-electron chi connectivity index (χ1n) is 5.27. The zero-order valence-electron chi connectivity index (χ0n) is 9.35. The fourth-order valence-electron chi connectivity index (χ4n) is 1.48. The Hall–Kier alpha value is -2.60. The predicted octanol–water partition coefficient (Wildman–Crippen LogP) is 2.92. The van der Waals surface area contributed by atoms with Crippen LogP contribution in [0.25, 0.3) is 0 Å². The summed E-state index contributed by atoms with van der Waals surface area (Å²) in [5, 5.41) is 8.98. The summed E-state index contributed by atoms with van der Waals surface area (Å²) < 4.78 is 12.9. The summed E-state index contributed by atoms with van der Waals surface area (Å²) in [4.78, 5) is 11.0. The topological polar surface area (TPSA) is 37.3 Å². The minimum Gasteiger partial charge on any atom is -0.478 e. The number of hydrogen-bond acceptors (Lipinski definition) is 1. The first kappa shape index (κ1) is 11.9. The molecule has 2 aromatic carbocycles. The molecule has 0 bridgehead atoms. The maximum Gasteiger partial charge on any atom is 0.336 e. The Morgan fingerprint density at radius 1 is 1.06 bits per heavy atom. The Kier molecular flexibility index (Phi) is 3.40. The lowest BCUT2D eigenvalue weighted by Crippen LogP contribution is -1.99. The van der Waals surface area contributed by atoms with E-state index in [1.165, 1.54) is 18.2 Å². The highest BCUT2D eigenvalue weighted by Gasteiger charge is 2.06. The molecule has 0 saturated heterocycles. The van der Waals surface area contributed by atoms with Crippen molar-refractivity contribution < 1.29 is 14.3 Å². The largest absolute Gasteiger partial charge is 0.478 e. The van der Waals surface area contributed by atoms with E-state index < -0.39 is 5.97 Å². The molecular weight excluding hydrogens is 231 g/mol. The van der Waals surface area contributed by atoms with E-state index in [4.69, 9.17) is 5.11 Å². The van der Waals surface area contributed by atoms with E-state index >= 15 is 0 Å². The van der Waals surface area contributed by atoms with Crippen molar-refractivity contribution in [3.8, 4) is 11.8 Å². The van der Waals surface area contributed by atoms with E-state index in [0.29, 0.717) is 11.1 Å². The van der Waals surface area contributed by atoms with E-state index in [1.807, 2.05) is 0 Å². The minimum atomic E-state index is -1.03. The maximum atomic E-state index is 12.9. The second kappa shape index (κ2) is 5.15. The standard InChI is InChI=1S/C15H9FO2/c16-13-6-3-4-11(10-13)8-9-12-5-1-2-7-14(12)15(17)18/h1-7,10H,(H,17,18). The third-order valence-corrected chi connectivity index (χ3v) is 2.32. The maximum absolute atomic E-state index is 12.9. The van der Waals surface area contributed by atoms with Crippen molar-refractivity contribution >= 4 is 5.97 Å². The van der Waals surface area contributed by atoms with Gasteiger partial charge in [-0.15, -0.1) is 0 Å². The Morgan fingerprint density at radius 2 is 1.83 bits per heavy atom. The van der Waals surface area contributed by atoms with Crippen LogP contribution < -0.4 is 0 Å². The summed E-state index contributed by atoms with van der Waals surface area (Å²) in [6, 6.07) is 12.3. The Balaban J connectivity index is 2.39. The minimum absolute atomic E-state index is 0.140. The number of benzene rings is 2. The molecule has 0 unspecified atom stereocenters. The van der Waals surface area contributed by atoms with E-state index in [9.17, 15) is 9.18 Å². The molecule has 2 rings (SSSR count). The van der Waals surface area contributed by atoms with Crippen LogP contribution >= 0.6 is 0 Å². The van der Waals surface area contributed by atoms with Crippen molar-refractivity contribution in [2.45, 2.75) is 0 Å². The highest BCUT2D eigenvalue weighted by Crippen LogP contribution is 2.08. The first-order chi connectivity index (χ1) is 8.66. The van der Waals surface area contributed by atoms with Crippen molar-refractivity contribution in [2.75, 3.05) is 0 Å². The molecule has 18 heavy (non-hydrogen) atoms. The van der Waals surface area contributed by atoms with Gasteiger partial charge in [-0.25, -0.2) is 9.18 Å². The molecule has 0 aliphatic heterocycles. The molecule has 0 aromatic heterocycles. The van der Waals surface area contributed by atoms with Gasteiger partial charge in [-0.05, 0) is 30.3 Å². The van der Waals surface area contributed by atoms with Crippen LogP contribution in [0.2, 0.25) is 0 Å². The fourth-order valence-corrected chi connectivity index (χ4v) is 1.48. The summed E-state index contributed by atoms with van der Waals surface area (Å²) in [7, 11) is 0. The van der Waals surface area contributed by atoms with Crippen LogP contribution in [0.15, 0.2) is 48.5 Å². The van der Waals surface area contributed by atoms with Gasteiger partial charge in [-0.3, -0.25) is 0 Å². The molecule has 0 heterocycles. The summed E-state index contributed by atoms with van der Waals surface area (Å²) in [5.41, 5.74) is 1.06. The normalized spacial score (nSPS) is 9.39. The molecule has 2 aromatic rings. The lowest BCUT2D eigenvalue weighted by molar-refractivity contribution is 0.0696. The van der Waals surface area contributed by atoms with E-state index in [2.05, 4.69) is 11.8 Å². The highest BCUT2D eigenvalue weighted by atomic mass is 19.1. The molecule has 0 radical (unpaired) electrons. The molecule has 0 aliphatic carbocycles. The van der Waals surface area contributed by atoms with E-state index in [-0.39, 0.29) is 11.4 Å². The highest BCUT2D eigenvalue weighted by molar-refractivity contribution is 5.90. The molecule has 0 aliphatic rings. The molecule has 0 spiro atoms. The van der Waals surface area contributed by atoms with Crippen molar-refractivity contribution in [3.05, 3.63) is 71.0 Å².